The second-order valence-electron chi connectivity index (χ2n) is 7.08. The molecule has 3 heterocycles. The number of anilines is 2. The predicted molar refractivity (Wildman–Crippen MR) is 128 cm³/mol. The van der Waals surface area contributed by atoms with Crippen LogP contribution < -0.4 is 10.2 Å². The van der Waals surface area contributed by atoms with E-state index in [4.69, 9.17) is 4.74 Å². The Hall–Kier alpha value is -2.46. The lowest BCUT2D eigenvalue weighted by atomic mass is 10.1. The van der Waals surface area contributed by atoms with Crippen molar-refractivity contribution in [1.82, 2.24) is 14.3 Å². The first-order chi connectivity index (χ1) is 15.2. The Morgan fingerprint density at radius 2 is 2.00 bits per heavy atom. The fourth-order valence-electron chi connectivity index (χ4n) is 3.50. The maximum atomic E-state index is 12.6. The maximum Gasteiger partial charge on any atom is 0.276 e. The van der Waals surface area contributed by atoms with Gasteiger partial charge in [-0.25, -0.2) is 14.3 Å². The molecule has 162 valence electrons. The standard InChI is InChI=1S/C22H25N5O2S2/c1-29-14-16-5-3-4-6-18(16)20-15-31-22(24-20)25-21(28)19-8-7-17(13-23-19)26-9-11-27(30-2)12-10-26/h3-8,13,15H,9-12,14H2,1-2H3,(H,24,25,28). The van der Waals surface area contributed by atoms with Crippen molar-refractivity contribution in [2.45, 2.75) is 6.61 Å². The van der Waals surface area contributed by atoms with Gasteiger partial charge in [0.1, 0.15) is 5.69 Å². The van der Waals surface area contributed by atoms with Crippen LogP contribution in [0.15, 0.2) is 48.0 Å². The minimum atomic E-state index is -0.259. The van der Waals surface area contributed by atoms with E-state index >= 15 is 0 Å². The van der Waals surface area contributed by atoms with Crippen molar-refractivity contribution >= 4 is 40.0 Å². The molecule has 0 atom stereocenters. The maximum absolute atomic E-state index is 12.6. The Kier molecular flexibility index (Phi) is 7.18. The average molecular weight is 456 g/mol. The molecule has 0 radical (unpaired) electrons. The van der Waals surface area contributed by atoms with Crippen LogP contribution in [-0.2, 0) is 11.3 Å². The van der Waals surface area contributed by atoms with Gasteiger partial charge in [-0.1, -0.05) is 36.2 Å². The van der Waals surface area contributed by atoms with Gasteiger partial charge >= 0.3 is 0 Å². The van der Waals surface area contributed by atoms with Gasteiger partial charge in [0.2, 0.25) is 0 Å². The van der Waals surface area contributed by atoms with Crippen LogP contribution >= 0.6 is 23.3 Å². The van der Waals surface area contributed by atoms with E-state index in [-0.39, 0.29) is 5.91 Å². The Morgan fingerprint density at radius 1 is 1.19 bits per heavy atom. The van der Waals surface area contributed by atoms with Crippen LogP contribution in [0, 0.1) is 0 Å². The van der Waals surface area contributed by atoms with E-state index in [0.29, 0.717) is 17.4 Å². The number of hydrogen-bond donors (Lipinski definition) is 1. The number of carbonyl (C=O) groups is 1. The summed E-state index contributed by atoms with van der Waals surface area (Å²) in [4.78, 5) is 23.9. The Morgan fingerprint density at radius 3 is 2.71 bits per heavy atom. The van der Waals surface area contributed by atoms with E-state index < -0.39 is 0 Å². The summed E-state index contributed by atoms with van der Waals surface area (Å²) in [6, 6.07) is 11.7. The van der Waals surface area contributed by atoms with Crippen molar-refractivity contribution in [3.05, 3.63) is 59.2 Å². The molecular weight excluding hydrogens is 430 g/mol. The van der Waals surface area contributed by atoms with E-state index in [1.807, 2.05) is 35.7 Å². The Bertz CT molecular complexity index is 1020. The monoisotopic (exact) mass is 455 g/mol. The van der Waals surface area contributed by atoms with Gasteiger partial charge in [-0.05, 0) is 24.0 Å². The zero-order valence-corrected chi connectivity index (χ0v) is 19.2. The number of pyridine rings is 1. The van der Waals surface area contributed by atoms with Crippen LogP contribution in [0.2, 0.25) is 0 Å². The second kappa shape index (κ2) is 10.2. The summed E-state index contributed by atoms with van der Waals surface area (Å²) in [6.45, 7) is 4.46. The molecule has 2 aromatic heterocycles. The van der Waals surface area contributed by atoms with Crippen molar-refractivity contribution in [2.75, 3.05) is 49.8 Å². The molecule has 0 saturated carbocycles. The number of aromatic nitrogens is 2. The number of carbonyl (C=O) groups excluding carboxylic acids is 1. The highest BCUT2D eigenvalue weighted by molar-refractivity contribution is 7.96. The fourth-order valence-corrected chi connectivity index (χ4v) is 4.74. The van der Waals surface area contributed by atoms with E-state index in [9.17, 15) is 4.79 Å². The quantitative estimate of drug-likeness (QED) is 0.540. The molecule has 31 heavy (non-hydrogen) atoms. The Labute approximate surface area is 190 Å². The summed E-state index contributed by atoms with van der Waals surface area (Å²) in [5.41, 5.74) is 4.31. The molecule has 0 spiro atoms. The number of piperazine rings is 1. The molecule has 1 aliphatic heterocycles. The molecule has 0 aliphatic carbocycles. The number of benzene rings is 1. The number of rotatable bonds is 7. The first-order valence-electron chi connectivity index (χ1n) is 10.0. The normalized spacial score (nSPS) is 14.6. The van der Waals surface area contributed by atoms with Crippen LogP contribution in [0.3, 0.4) is 0 Å². The van der Waals surface area contributed by atoms with E-state index in [1.165, 1.54) is 11.3 Å². The smallest absolute Gasteiger partial charge is 0.276 e. The van der Waals surface area contributed by atoms with Gasteiger partial charge in [0.15, 0.2) is 5.13 Å². The third-order valence-corrected chi connectivity index (χ3v) is 6.80. The highest BCUT2D eigenvalue weighted by Gasteiger charge is 2.18. The van der Waals surface area contributed by atoms with Crippen molar-refractivity contribution in [2.24, 2.45) is 0 Å². The minimum Gasteiger partial charge on any atom is -0.380 e. The van der Waals surface area contributed by atoms with Crippen LogP contribution in [0.1, 0.15) is 16.1 Å². The first-order valence-corrected chi connectivity index (χ1v) is 12.1. The number of nitrogens with zero attached hydrogens (tertiary/aromatic N) is 4. The minimum absolute atomic E-state index is 0.259. The summed E-state index contributed by atoms with van der Waals surface area (Å²) in [7, 11) is 1.67. The highest BCUT2D eigenvalue weighted by Crippen LogP contribution is 2.28. The van der Waals surface area contributed by atoms with Crippen molar-refractivity contribution < 1.29 is 9.53 Å². The topological polar surface area (TPSA) is 70.6 Å². The van der Waals surface area contributed by atoms with Gasteiger partial charge in [0, 0.05) is 44.2 Å². The number of ether oxygens (including phenoxy) is 1. The predicted octanol–water partition coefficient (Wildman–Crippen LogP) is 4.00. The third-order valence-electron chi connectivity index (χ3n) is 5.16. The molecule has 0 bridgehead atoms. The molecule has 7 nitrogen and oxygen atoms in total. The Balaban J connectivity index is 1.40. The van der Waals surface area contributed by atoms with Crippen LogP contribution in [0.4, 0.5) is 10.8 Å². The summed E-state index contributed by atoms with van der Waals surface area (Å²) < 4.78 is 7.62. The second-order valence-corrected chi connectivity index (χ2v) is 8.82. The number of hydrogen-bond acceptors (Lipinski definition) is 8. The van der Waals surface area contributed by atoms with Gasteiger partial charge in [-0.3, -0.25) is 10.1 Å². The summed E-state index contributed by atoms with van der Waals surface area (Å²) in [5.74, 6) is -0.259. The van der Waals surface area contributed by atoms with Gasteiger partial charge in [0.05, 0.1) is 24.2 Å². The van der Waals surface area contributed by atoms with Gasteiger partial charge in [-0.2, -0.15) is 0 Å². The van der Waals surface area contributed by atoms with Crippen molar-refractivity contribution in [3.8, 4) is 11.3 Å². The summed E-state index contributed by atoms with van der Waals surface area (Å²) >= 11 is 3.18. The molecule has 1 N–H and O–H groups in total. The largest absolute Gasteiger partial charge is 0.380 e. The lowest BCUT2D eigenvalue weighted by Gasteiger charge is -2.34. The van der Waals surface area contributed by atoms with Crippen LogP contribution in [0.25, 0.3) is 11.3 Å². The molecule has 0 unspecified atom stereocenters. The number of thiazole rings is 1. The third kappa shape index (κ3) is 5.24. The zero-order chi connectivity index (χ0) is 21.6. The summed E-state index contributed by atoms with van der Waals surface area (Å²) in [6.07, 6.45) is 3.88. The molecule has 3 aromatic rings. The van der Waals surface area contributed by atoms with Gasteiger partial charge in [-0.15, -0.1) is 11.3 Å². The van der Waals surface area contributed by atoms with E-state index in [2.05, 4.69) is 30.7 Å². The number of amides is 1. The van der Waals surface area contributed by atoms with E-state index in [0.717, 1.165) is 48.7 Å². The first kappa shape index (κ1) is 21.8. The molecule has 4 rings (SSSR count). The molecule has 1 saturated heterocycles. The van der Waals surface area contributed by atoms with Crippen molar-refractivity contribution in [3.63, 3.8) is 0 Å². The van der Waals surface area contributed by atoms with E-state index in [1.54, 1.807) is 31.3 Å². The molecule has 1 amide bonds. The molecule has 9 heteroatoms. The SMILES string of the molecule is COCc1ccccc1-c1csc(NC(=O)c2ccc(N3CCN(SC)CC3)cn2)n1. The number of methoxy groups -OCH3 is 1. The number of nitrogens with one attached hydrogen (secondary N) is 1. The zero-order valence-electron chi connectivity index (χ0n) is 17.6. The lowest BCUT2D eigenvalue weighted by molar-refractivity contribution is 0.102. The van der Waals surface area contributed by atoms with Gasteiger partial charge < -0.3 is 9.64 Å². The van der Waals surface area contributed by atoms with Crippen molar-refractivity contribution in [1.29, 1.82) is 0 Å². The average Bonchev–Trinajstić information content (AvgIpc) is 3.28. The fraction of sp³-hybridized carbons (Fsp3) is 0.318. The molecule has 1 aliphatic rings. The van der Waals surface area contributed by atoms with Gasteiger partial charge in [0.25, 0.3) is 5.91 Å². The molecular formula is C22H25N5O2S2. The molecule has 1 fully saturated rings. The van der Waals surface area contributed by atoms with Crippen LogP contribution in [-0.4, -0.2) is 59.7 Å². The lowest BCUT2D eigenvalue weighted by Crippen LogP contribution is -2.43. The summed E-state index contributed by atoms with van der Waals surface area (Å²) in [5, 5.41) is 5.35. The molecule has 1 aromatic carbocycles. The highest BCUT2D eigenvalue weighted by atomic mass is 32.2. The van der Waals surface area contributed by atoms with Crippen LogP contribution in [0.5, 0.6) is 0 Å².